The number of nitrogens with zero attached hydrogens (tertiary/aromatic N) is 3. The SMILES string of the molecule is COc1ccc(-c2n[nH]c(=S)n2/N=C/C(Br)=C/c2ccccc2)cc1. The second-order valence-corrected chi connectivity index (χ2v) is 6.38. The third-order valence-corrected chi connectivity index (χ3v) is 4.10. The number of ether oxygens (including phenoxy) is 1. The molecule has 3 aromatic rings. The van der Waals surface area contributed by atoms with Crippen molar-refractivity contribution in [2.75, 3.05) is 7.11 Å². The van der Waals surface area contributed by atoms with Gasteiger partial charge in [0.2, 0.25) is 4.77 Å². The lowest BCUT2D eigenvalue weighted by molar-refractivity contribution is 0.415. The molecule has 0 amide bonds. The molecule has 0 radical (unpaired) electrons. The first-order valence-corrected chi connectivity index (χ1v) is 8.66. The lowest BCUT2D eigenvalue weighted by Crippen LogP contribution is -1.94. The van der Waals surface area contributed by atoms with E-state index in [4.69, 9.17) is 17.0 Å². The Labute approximate surface area is 158 Å². The van der Waals surface area contributed by atoms with E-state index in [1.807, 2.05) is 60.7 Å². The number of nitrogens with one attached hydrogen (secondary N) is 1. The highest BCUT2D eigenvalue weighted by Gasteiger charge is 2.08. The molecule has 0 atom stereocenters. The van der Waals surface area contributed by atoms with Gasteiger partial charge >= 0.3 is 0 Å². The van der Waals surface area contributed by atoms with E-state index in [2.05, 4.69) is 31.2 Å². The first-order valence-electron chi connectivity index (χ1n) is 7.46. The average molecular weight is 415 g/mol. The summed E-state index contributed by atoms with van der Waals surface area (Å²) in [5.41, 5.74) is 1.96. The van der Waals surface area contributed by atoms with Crippen molar-refractivity contribution in [2.45, 2.75) is 0 Å². The zero-order valence-corrected chi connectivity index (χ0v) is 15.8. The Bertz CT molecular complexity index is 959. The van der Waals surface area contributed by atoms with Crippen LogP contribution in [0.1, 0.15) is 5.56 Å². The third kappa shape index (κ3) is 4.32. The van der Waals surface area contributed by atoms with Gasteiger partial charge in [0.25, 0.3) is 0 Å². The molecule has 1 heterocycles. The Kier molecular flexibility index (Phi) is 5.57. The van der Waals surface area contributed by atoms with Crippen molar-refractivity contribution in [1.82, 2.24) is 14.9 Å². The number of H-pyrrole nitrogens is 1. The summed E-state index contributed by atoms with van der Waals surface area (Å²) in [5, 5.41) is 11.5. The lowest BCUT2D eigenvalue weighted by atomic mass is 10.2. The van der Waals surface area contributed by atoms with E-state index in [1.165, 1.54) is 0 Å². The second kappa shape index (κ2) is 8.04. The number of aromatic amines is 1. The van der Waals surface area contributed by atoms with Crippen LogP contribution in [0.25, 0.3) is 17.5 Å². The summed E-state index contributed by atoms with van der Waals surface area (Å²) in [6.45, 7) is 0. The topological polar surface area (TPSA) is 55.2 Å². The number of rotatable bonds is 5. The van der Waals surface area contributed by atoms with Crippen molar-refractivity contribution in [1.29, 1.82) is 0 Å². The van der Waals surface area contributed by atoms with E-state index in [0.29, 0.717) is 10.6 Å². The van der Waals surface area contributed by atoms with Gasteiger partial charge in [-0.15, -0.1) is 0 Å². The van der Waals surface area contributed by atoms with E-state index in [9.17, 15) is 0 Å². The molecule has 0 fully saturated rings. The zero-order chi connectivity index (χ0) is 17.6. The molecule has 126 valence electrons. The molecule has 5 nitrogen and oxygen atoms in total. The predicted octanol–water partition coefficient (Wildman–Crippen LogP) is 4.89. The Morgan fingerprint density at radius 1 is 1.20 bits per heavy atom. The van der Waals surface area contributed by atoms with Gasteiger partial charge in [-0.25, -0.2) is 5.10 Å². The number of benzene rings is 2. The smallest absolute Gasteiger partial charge is 0.216 e. The second-order valence-electron chi connectivity index (χ2n) is 5.08. The number of methoxy groups -OCH3 is 1. The van der Waals surface area contributed by atoms with E-state index in [0.717, 1.165) is 21.4 Å². The molecule has 0 saturated heterocycles. The Hall–Kier alpha value is -2.51. The van der Waals surface area contributed by atoms with Gasteiger partial charge in [-0.05, 0) is 64.1 Å². The maximum Gasteiger partial charge on any atom is 0.216 e. The van der Waals surface area contributed by atoms with Crippen LogP contribution in [0.3, 0.4) is 0 Å². The highest BCUT2D eigenvalue weighted by Crippen LogP contribution is 2.21. The zero-order valence-electron chi connectivity index (χ0n) is 13.4. The first-order chi connectivity index (χ1) is 12.2. The van der Waals surface area contributed by atoms with E-state index < -0.39 is 0 Å². The number of hydrogen-bond acceptors (Lipinski definition) is 4. The Balaban J connectivity index is 1.89. The van der Waals surface area contributed by atoms with Crippen LogP contribution in [0.4, 0.5) is 0 Å². The van der Waals surface area contributed by atoms with Crippen molar-refractivity contribution in [3.63, 3.8) is 0 Å². The van der Waals surface area contributed by atoms with Crippen LogP contribution >= 0.6 is 28.1 Å². The molecule has 0 aliphatic heterocycles. The van der Waals surface area contributed by atoms with Crippen LogP contribution in [0, 0.1) is 4.77 Å². The van der Waals surface area contributed by atoms with Crippen LogP contribution in [-0.2, 0) is 0 Å². The minimum Gasteiger partial charge on any atom is -0.497 e. The van der Waals surface area contributed by atoms with Crippen LogP contribution in [0.2, 0.25) is 0 Å². The monoisotopic (exact) mass is 414 g/mol. The van der Waals surface area contributed by atoms with E-state index in [-0.39, 0.29) is 0 Å². The number of allylic oxidation sites excluding steroid dienone is 1. The molecule has 7 heteroatoms. The molecule has 0 saturated carbocycles. The van der Waals surface area contributed by atoms with E-state index >= 15 is 0 Å². The molecule has 1 aromatic heterocycles. The first kappa shape index (κ1) is 17.3. The van der Waals surface area contributed by atoms with Crippen LogP contribution in [0.15, 0.2) is 64.2 Å². The van der Waals surface area contributed by atoms with Gasteiger partial charge in [0.15, 0.2) is 5.82 Å². The molecule has 0 unspecified atom stereocenters. The molecule has 0 bridgehead atoms. The van der Waals surface area contributed by atoms with Crippen LogP contribution in [-0.4, -0.2) is 28.2 Å². The van der Waals surface area contributed by atoms with Crippen molar-refractivity contribution < 1.29 is 4.74 Å². The number of hydrogen-bond donors (Lipinski definition) is 1. The molecule has 3 rings (SSSR count). The largest absolute Gasteiger partial charge is 0.497 e. The Morgan fingerprint density at radius 3 is 2.60 bits per heavy atom. The van der Waals surface area contributed by atoms with Crippen molar-refractivity contribution >= 4 is 40.4 Å². The molecule has 0 aliphatic rings. The molecular weight excluding hydrogens is 400 g/mol. The third-order valence-electron chi connectivity index (χ3n) is 3.40. The van der Waals surface area contributed by atoms with E-state index in [1.54, 1.807) is 18.0 Å². The van der Waals surface area contributed by atoms with Gasteiger partial charge in [0, 0.05) is 10.0 Å². The van der Waals surface area contributed by atoms with Crippen LogP contribution < -0.4 is 4.74 Å². The highest BCUT2D eigenvalue weighted by molar-refractivity contribution is 9.12. The normalized spacial score (nSPS) is 11.8. The molecule has 25 heavy (non-hydrogen) atoms. The fourth-order valence-corrected chi connectivity index (χ4v) is 2.72. The summed E-state index contributed by atoms with van der Waals surface area (Å²) in [7, 11) is 1.63. The standard InChI is InChI=1S/C18H15BrN4OS/c1-24-16-9-7-14(8-10-16)17-21-22-18(25)23(17)20-12-15(19)11-13-5-3-2-4-6-13/h2-12H,1H3,(H,22,25)/b15-11-,20-12+. The average Bonchev–Trinajstić information content (AvgIpc) is 3.01. The van der Waals surface area contributed by atoms with Gasteiger partial charge in [0.1, 0.15) is 5.75 Å². The molecule has 2 aromatic carbocycles. The fraction of sp³-hybridized carbons (Fsp3) is 0.0556. The molecular formula is C18H15BrN4OS. The van der Waals surface area contributed by atoms with Gasteiger partial charge in [0.05, 0.1) is 13.3 Å². The minimum atomic E-state index is 0.419. The molecule has 0 aliphatic carbocycles. The Morgan fingerprint density at radius 2 is 1.92 bits per heavy atom. The van der Waals surface area contributed by atoms with Gasteiger partial charge in [-0.2, -0.15) is 14.9 Å². The quantitative estimate of drug-likeness (QED) is 0.477. The maximum atomic E-state index is 5.27. The highest BCUT2D eigenvalue weighted by atomic mass is 79.9. The number of halogens is 1. The number of aromatic nitrogens is 3. The predicted molar refractivity (Wildman–Crippen MR) is 107 cm³/mol. The van der Waals surface area contributed by atoms with Gasteiger partial charge in [-0.3, -0.25) is 0 Å². The summed E-state index contributed by atoms with van der Waals surface area (Å²) < 4.78 is 8.00. The summed E-state index contributed by atoms with van der Waals surface area (Å²) in [6, 6.07) is 17.5. The van der Waals surface area contributed by atoms with Crippen molar-refractivity contribution in [3.05, 3.63) is 69.4 Å². The summed E-state index contributed by atoms with van der Waals surface area (Å²) >= 11 is 8.78. The fourth-order valence-electron chi connectivity index (χ4n) is 2.18. The van der Waals surface area contributed by atoms with Crippen molar-refractivity contribution in [2.24, 2.45) is 5.10 Å². The van der Waals surface area contributed by atoms with Crippen molar-refractivity contribution in [3.8, 4) is 17.1 Å². The summed E-state index contributed by atoms with van der Waals surface area (Å²) in [6.07, 6.45) is 3.66. The molecule has 0 spiro atoms. The summed E-state index contributed by atoms with van der Waals surface area (Å²) in [5.74, 6) is 1.41. The minimum absolute atomic E-state index is 0.419. The maximum absolute atomic E-state index is 5.27. The van der Waals surface area contributed by atoms with Gasteiger partial charge < -0.3 is 4.74 Å². The van der Waals surface area contributed by atoms with Gasteiger partial charge in [-0.1, -0.05) is 30.3 Å². The lowest BCUT2D eigenvalue weighted by Gasteiger charge is -2.03. The van der Waals surface area contributed by atoms with Crippen LogP contribution in [0.5, 0.6) is 5.75 Å². The summed E-state index contributed by atoms with van der Waals surface area (Å²) in [4.78, 5) is 0. The molecule has 1 N–H and O–H groups in total.